The molecule has 0 aliphatic heterocycles. The molecule has 0 N–H and O–H groups in total. The van der Waals surface area contributed by atoms with Crippen LogP contribution in [0.25, 0.3) is 43.8 Å². The summed E-state index contributed by atoms with van der Waals surface area (Å²) in [5, 5.41) is 6.80. The average Bonchev–Trinajstić information content (AvgIpc) is 3.00. The van der Waals surface area contributed by atoms with Gasteiger partial charge in [-0.05, 0) is 29.0 Å². The van der Waals surface area contributed by atoms with Crippen LogP contribution >= 0.6 is 7.14 Å². The predicted octanol–water partition coefficient (Wildman–Crippen LogP) is 7.24. The van der Waals surface area contributed by atoms with E-state index in [0.717, 1.165) is 59.7 Å². The first-order valence-electron chi connectivity index (χ1n) is 12.6. The standard InChI is InChI=1S/C34H23N2OP/c37-38(29-10-2-1-3-11-29,31-20-14-24-7-4-5-8-28(24)23-31)30-18-15-25(16-19-30)32-21-17-27-13-12-26-9-6-22-35-33(26)34(27)36-32/h1-23H. The van der Waals surface area contributed by atoms with E-state index >= 15 is 4.57 Å². The largest absolute Gasteiger partial charge is 0.309 e. The molecule has 0 fully saturated rings. The van der Waals surface area contributed by atoms with Gasteiger partial charge in [-0.25, -0.2) is 4.98 Å². The lowest BCUT2D eigenvalue weighted by atomic mass is 10.1. The minimum atomic E-state index is -3.09. The van der Waals surface area contributed by atoms with Gasteiger partial charge in [0.2, 0.25) is 0 Å². The predicted molar refractivity (Wildman–Crippen MR) is 159 cm³/mol. The van der Waals surface area contributed by atoms with Crippen molar-refractivity contribution in [1.29, 1.82) is 0 Å². The summed E-state index contributed by atoms with van der Waals surface area (Å²) < 4.78 is 15.0. The third-order valence-electron chi connectivity index (χ3n) is 7.18. The Bertz CT molecular complexity index is 2000. The van der Waals surface area contributed by atoms with E-state index < -0.39 is 7.14 Å². The summed E-state index contributed by atoms with van der Waals surface area (Å²) in [6.07, 6.45) is 1.80. The molecule has 0 saturated carbocycles. The van der Waals surface area contributed by atoms with Crippen molar-refractivity contribution in [2.75, 3.05) is 0 Å². The van der Waals surface area contributed by atoms with Gasteiger partial charge >= 0.3 is 0 Å². The van der Waals surface area contributed by atoms with E-state index in [1.165, 1.54) is 0 Å². The lowest BCUT2D eigenvalue weighted by molar-refractivity contribution is 0.592. The van der Waals surface area contributed by atoms with Crippen LogP contribution in [-0.2, 0) is 4.57 Å². The minimum Gasteiger partial charge on any atom is -0.309 e. The molecule has 3 nitrogen and oxygen atoms in total. The van der Waals surface area contributed by atoms with Crippen molar-refractivity contribution in [3.8, 4) is 11.3 Å². The van der Waals surface area contributed by atoms with Gasteiger partial charge < -0.3 is 4.57 Å². The minimum absolute atomic E-state index is 0.802. The molecule has 2 heterocycles. The zero-order valence-corrected chi connectivity index (χ0v) is 21.4. The van der Waals surface area contributed by atoms with E-state index in [9.17, 15) is 0 Å². The van der Waals surface area contributed by atoms with Gasteiger partial charge in [0.25, 0.3) is 0 Å². The van der Waals surface area contributed by atoms with Crippen LogP contribution in [0, 0.1) is 0 Å². The van der Waals surface area contributed by atoms with E-state index in [1.807, 2.05) is 84.9 Å². The van der Waals surface area contributed by atoms with Gasteiger partial charge in [0, 0.05) is 38.4 Å². The Morgan fingerprint density at radius 1 is 0.474 bits per heavy atom. The van der Waals surface area contributed by atoms with Gasteiger partial charge in [-0.3, -0.25) is 4.98 Å². The molecule has 0 radical (unpaired) electrons. The topological polar surface area (TPSA) is 42.9 Å². The quantitative estimate of drug-likeness (QED) is 0.187. The Kier molecular flexibility index (Phi) is 5.39. The molecule has 1 unspecified atom stereocenters. The Balaban J connectivity index is 1.36. The lowest BCUT2D eigenvalue weighted by Gasteiger charge is -2.21. The van der Waals surface area contributed by atoms with Crippen molar-refractivity contribution in [1.82, 2.24) is 9.97 Å². The molecule has 5 aromatic carbocycles. The lowest BCUT2D eigenvalue weighted by Crippen LogP contribution is -2.25. The van der Waals surface area contributed by atoms with Crippen molar-refractivity contribution >= 4 is 55.6 Å². The van der Waals surface area contributed by atoms with Gasteiger partial charge in [0.05, 0.1) is 16.7 Å². The van der Waals surface area contributed by atoms with Crippen molar-refractivity contribution < 1.29 is 4.57 Å². The maximum Gasteiger partial charge on any atom is 0.171 e. The third kappa shape index (κ3) is 3.72. The summed E-state index contributed by atoms with van der Waals surface area (Å²) in [7, 11) is -3.09. The highest BCUT2D eigenvalue weighted by Crippen LogP contribution is 2.43. The van der Waals surface area contributed by atoms with Crippen LogP contribution in [0.15, 0.2) is 140 Å². The van der Waals surface area contributed by atoms with Crippen LogP contribution in [0.1, 0.15) is 0 Å². The molecule has 2 aromatic heterocycles. The second kappa shape index (κ2) is 9.06. The third-order valence-corrected chi connectivity index (χ3v) is 10.2. The molecule has 180 valence electrons. The van der Waals surface area contributed by atoms with Crippen LogP contribution in [0.4, 0.5) is 0 Å². The number of hydrogen-bond donors (Lipinski definition) is 0. The van der Waals surface area contributed by atoms with Gasteiger partial charge in [-0.15, -0.1) is 0 Å². The monoisotopic (exact) mass is 506 g/mol. The van der Waals surface area contributed by atoms with Crippen molar-refractivity contribution in [2.45, 2.75) is 0 Å². The van der Waals surface area contributed by atoms with Crippen molar-refractivity contribution in [3.63, 3.8) is 0 Å². The second-order valence-electron chi connectivity index (χ2n) is 9.43. The fourth-order valence-corrected chi connectivity index (χ4v) is 7.85. The fraction of sp³-hybridized carbons (Fsp3) is 0. The Labute approximate surface area is 220 Å². The number of rotatable bonds is 4. The summed E-state index contributed by atoms with van der Waals surface area (Å²) in [5.74, 6) is 0. The van der Waals surface area contributed by atoms with Crippen molar-refractivity contribution in [2.24, 2.45) is 0 Å². The van der Waals surface area contributed by atoms with Gasteiger partial charge in [-0.1, -0.05) is 115 Å². The van der Waals surface area contributed by atoms with Gasteiger partial charge in [0.1, 0.15) is 0 Å². The molecule has 0 spiro atoms. The SMILES string of the molecule is O=P(c1ccccc1)(c1ccc(-c2ccc3ccc4cccnc4c3n2)cc1)c1ccc2ccccc2c1. The zero-order valence-electron chi connectivity index (χ0n) is 20.5. The van der Waals surface area contributed by atoms with Crippen LogP contribution in [0.2, 0.25) is 0 Å². The van der Waals surface area contributed by atoms with Gasteiger partial charge in [-0.2, -0.15) is 0 Å². The number of nitrogens with zero attached hydrogens (tertiary/aromatic N) is 2. The zero-order chi connectivity index (χ0) is 25.5. The first-order chi connectivity index (χ1) is 18.7. The maximum absolute atomic E-state index is 15.0. The molecule has 0 aliphatic rings. The summed E-state index contributed by atoms with van der Waals surface area (Å²) >= 11 is 0. The smallest absolute Gasteiger partial charge is 0.171 e. The molecule has 0 bridgehead atoms. The molecule has 38 heavy (non-hydrogen) atoms. The molecule has 4 heteroatoms. The highest BCUT2D eigenvalue weighted by Gasteiger charge is 2.30. The average molecular weight is 507 g/mol. The van der Waals surface area contributed by atoms with Crippen molar-refractivity contribution in [3.05, 3.63) is 140 Å². The number of aromatic nitrogens is 2. The first kappa shape index (κ1) is 22.6. The van der Waals surface area contributed by atoms with Crippen LogP contribution in [0.3, 0.4) is 0 Å². The molecule has 0 aliphatic carbocycles. The van der Waals surface area contributed by atoms with E-state index in [0.29, 0.717) is 0 Å². The molecular formula is C34H23N2OP. The Hall–Kier alpha value is -4.59. The number of fused-ring (bicyclic) bond motifs is 4. The molecular weight excluding hydrogens is 483 g/mol. The van der Waals surface area contributed by atoms with E-state index in [1.54, 1.807) is 6.20 Å². The summed E-state index contributed by atoms with van der Waals surface area (Å²) in [4.78, 5) is 9.56. The normalized spacial score (nSPS) is 13.1. The number of hydrogen-bond acceptors (Lipinski definition) is 3. The van der Waals surface area contributed by atoms with Crippen LogP contribution < -0.4 is 15.9 Å². The van der Waals surface area contributed by atoms with Crippen LogP contribution in [0.5, 0.6) is 0 Å². The van der Waals surface area contributed by atoms with E-state index in [4.69, 9.17) is 4.98 Å². The molecule has 0 amide bonds. The number of benzene rings is 5. The second-order valence-corrected chi connectivity index (χ2v) is 12.2. The fourth-order valence-electron chi connectivity index (χ4n) is 5.18. The molecule has 1 atom stereocenters. The van der Waals surface area contributed by atoms with Crippen LogP contribution in [-0.4, -0.2) is 9.97 Å². The van der Waals surface area contributed by atoms with E-state index in [-0.39, 0.29) is 0 Å². The van der Waals surface area contributed by atoms with Gasteiger partial charge in [0.15, 0.2) is 7.14 Å². The summed E-state index contributed by atoms with van der Waals surface area (Å²) in [5.41, 5.74) is 3.62. The molecule has 7 rings (SSSR count). The summed E-state index contributed by atoms with van der Waals surface area (Å²) in [6.45, 7) is 0. The molecule has 0 saturated heterocycles. The molecule has 7 aromatic rings. The number of pyridine rings is 2. The highest BCUT2D eigenvalue weighted by molar-refractivity contribution is 7.85. The Morgan fingerprint density at radius 3 is 1.89 bits per heavy atom. The Morgan fingerprint density at radius 2 is 1.08 bits per heavy atom. The first-order valence-corrected chi connectivity index (χ1v) is 14.3. The summed E-state index contributed by atoms with van der Waals surface area (Å²) in [6, 6.07) is 44.4. The van der Waals surface area contributed by atoms with E-state index in [2.05, 4.69) is 53.5 Å². The highest BCUT2D eigenvalue weighted by atomic mass is 31.2. The maximum atomic E-state index is 15.0.